The van der Waals surface area contributed by atoms with E-state index in [4.69, 9.17) is 9.47 Å². The molecule has 0 aliphatic carbocycles. The molecule has 0 heterocycles. The predicted octanol–water partition coefficient (Wildman–Crippen LogP) is 3.18. The van der Waals surface area contributed by atoms with Gasteiger partial charge in [0.15, 0.2) is 12.6 Å². The van der Waals surface area contributed by atoms with E-state index in [1.807, 2.05) is 6.92 Å². The third-order valence-corrected chi connectivity index (χ3v) is 4.63. The van der Waals surface area contributed by atoms with E-state index in [-0.39, 0.29) is 28.7 Å². The van der Waals surface area contributed by atoms with Gasteiger partial charge in [0.05, 0.1) is 18.2 Å². The molecular weight excluding hydrogens is 352 g/mol. The number of esters is 1. The Morgan fingerprint density at radius 1 is 0.926 bits per heavy atom. The highest BCUT2D eigenvalue weighted by Gasteiger charge is 2.27. The van der Waals surface area contributed by atoms with E-state index in [1.165, 1.54) is 14.0 Å². The number of phenols is 2. The fourth-order valence-corrected chi connectivity index (χ4v) is 2.88. The largest absolute Gasteiger partial charge is 0.506 e. The number of phenolic OH excluding ortho intramolecular Hbond substituents is 2. The summed E-state index contributed by atoms with van der Waals surface area (Å²) in [6.07, 6.45) is 0.472. The maximum atomic E-state index is 12.8. The molecule has 27 heavy (non-hydrogen) atoms. The first-order valence-electron chi connectivity index (χ1n) is 8.05. The normalized spacial score (nSPS) is 10.4. The number of carbonyl (C=O) groups excluding carboxylic acids is 3. The van der Waals surface area contributed by atoms with E-state index in [1.54, 1.807) is 19.9 Å². The first-order chi connectivity index (χ1) is 12.7. The quantitative estimate of drug-likeness (QED) is 0.471. The fraction of sp³-hybridized carbons (Fsp3) is 0.250. The molecule has 2 rings (SSSR count). The minimum atomic E-state index is -0.963. The van der Waals surface area contributed by atoms with E-state index in [9.17, 15) is 24.6 Å². The summed E-state index contributed by atoms with van der Waals surface area (Å²) < 4.78 is 10.8. The number of aryl methyl sites for hydroxylation is 1. The van der Waals surface area contributed by atoms with Crippen LogP contribution in [-0.2, 0) is 0 Å². The first kappa shape index (κ1) is 20.0. The molecule has 2 aromatic carbocycles. The number of ether oxygens (including phenoxy) is 2. The maximum absolute atomic E-state index is 12.8. The number of hydrogen-bond acceptors (Lipinski definition) is 7. The summed E-state index contributed by atoms with van der Waals surface area (Å²) in [4.78, 5) is 35.2. The van der Waals surface area contributed by atoms with Crippen LogP contribution in [0.15, 0.2) is 6.07 Å². The number of hydrogen-bond donors (Lipinski definition) is 2. The molecule has 0 radical (unpaired) electrons. The SMILES string of the molecule is COc1cc(C)c(C)c(OC(=O)c2c(C)c(C=O)c(O)c(C=O)c2O)c1C. The Labute approximate surface area is 156 Å². The molecule has 0 spiro atoms. The topological polar surface area (TPSA) is 110 Å². The van der Waals surface area contributed by atoms with Gasteiger partial charge in [-0.25, -0.2) is 4.79 Å². The number of carbonyl (C=O) groups is 3. The minimum Gasteiger partial charge on any atom is -0.506 e. The molecule has 0 aliphatic rings. The van der Waals surface area contributed by atoms with Crippen LogP contribution in [0, 0.1) is 27.7 Å². The third-order valence-electron chi connectivity index (χ3n) is 4.63. The lowest BCUT2D eigenvalue weighted by molar-refractivity contribution is 0.0728. The van der Waals surface area contributed by atoms with Gasteiger partial charge in [0, 0.05) is 5.56 Å². The zero-order valence-corrected chi connectivity index (χ0v) is 15.7. The zero-order chi connectivity index (χ0) is 20.5. The van der Waals surface area contributed by atoms with E-state index < -0.39 is 23.0 Å². The Bertz CT molecular complexity index is 923. The molecule has 7 heteroatoms. The predicted molar refractivity (Wildman–Crippen MR) is 97.4 cm³/mol. The smallest absolute Gasteiger partial charge is 0.347 e. The number of aldehydes is 2. The van der Waals surface area contributed by atoms with Gasteiger partial charge >= 0.3 is 5.97 Å². The Balaban J connectivity index is 2.66. The highest BCUT2D eigenvalue weighted by Crippen LogP contribution is 2.38. The second kappa shape index (κ2) is 7.49. The second-order valence-electron chi connectivity index (χ2n) is 6.12. The van der Waals surface area contributed by atoms with Gasteiger partial charge in [-0.3, -0.25) is 9.59 Å². The van der Waals surface area contributed by atoms with Crippen molar-refractivity contribution in [3.63, 3.8) is 0 Å². The fourth-order valence-electron chi connectivity index (χ4n) is 2.88. The summed E-state index contributed by atoms with van der Waals surface area (Å²) in [6, 6.07) is 1.81. The molecule has 7 nitrogen and oxygen atoms in total. The molecule has 0 aromatic heterocycles. The van der Waals surface area contributed by atoms with Crippen molar-refractivity contribution in [2.45, 2.75) is 27.7 Å². The zero-order valence-electron chi connectivity index (χ0n) is 15.7. The number of benzene rings is 2. The van der Waals surface area contributed by atoms with Crippen LogP contribution in [0.25, 0.3) is 0 Å². The Morgan fingerprint density at radius 3 is 2.04 bits per heavy atom. The van der Waals surface area contributed by atoms with Crippen molar-refractivity contribution in [2.24, 2.45) is 0 Å². The second-order valence-corrected chi connectivity index (χ2v) is 6.12. The minimum absolute atomic E-state index is 0.00511. The summed E-state index contributed by atoms with van der Waals surface area (Å²) in [5.41, 5.74) is 0.928. The van der Waals surface area contributed by atoms with E-state index >= 15 is 0 Å². The molecule has 142 valence electrons. The van der Waals surface area contributed by atoms with Crippen LogP contribution < -0.4 is 9.47 Å². The van der Waals surface area contributed by atoms with Gasteiger partial charge in [-0.05, 0) is 50.5 Å². The van der Waals surface area contributed by atoms with Crippen molar-refractivity contribution in [1.82, 2.24) is 0 Å². The molecule has 0 atom stereocenters. The Hall–Kier alpha value is -3.35. The number of aromatic hydroxyl groups is 2. The van der Waals surface area contributed by atoms with Crippen molar-refractivity contribution >= 4 is 18.5 Å². The van der Waals surface area contributed by atoms with Crippen molar-refractivity contribution in [3.8, 4) is 23.0 Å². The lowest BCUT2D eigenvalue weighted by atomic mass is 9.96. The standard InChI is InChI=1S/C20H20O7/c1-9-6-15(26-5)12(4)19(10(9)2)27-20(25)16-11(3)13(7-21)17(23)14(8-22)18(16)24/h6-8,23-24H,1-5H3. The molecule has 0 saturated heterocycles. The number of rotatable bonds is 5. The van der Waals surface area contributed by atoms with Crippen LogP contribution in [0.3, 0.4) is 0 Å². The summed E-state index contributed by atoms with van der Waals surface area (Å²) in [5.74, 6) is -1.62. The monoisotopic (exact) mass is 372 g/mol. The summed E-state index contributed by atoms with van der Waals surface area (Å²) in [7, 11) is 1.49. The van der Waals surface area contributed by atoms with Gasteiger partial charge in [0.25, 0.3) is 0 Å². The van der Waals surface area contributed by atoms with E-state index in [2.05, 4.69) is 0 Å². The van der Waals surface area contributed by atoms with Crippen LogP contribution in [0.4, 0.5) is 0 Å². The van der Waals surface area contributed by atoms with Gasteiger partial charge in [0.2, 0.25) is 0 Å². The average Bonchev–Trinajstić information content (AvgIpc) is 2.62. The average molecular weight is 372 g/mol. The van der Waals surface area contributed by atoms with E-state index in [0.29, 0.717) is 23.2 Å². The molecule has 2 aromatic rings. The van der Waals surface area contributed by atoms with Crippen molar-refractivity contribution in [2.75, 3.05) is 7.11 Å². The Morgan fingerprint density at radius 2 is 1.52 bits per heavy atom. The van der Waals surface area contributed by atoms with Gasteiger partial charge < -0.3 is 19.7 Å². The molecule has 0 unspecified atom stereocenters. The third kappa shape index (κ3) is 3.23. The molecule has 0 bridgehead atoms. The lowest BCUT2D eigenvalue weighted by Gasteiger charge is -2.18. The van der Waals surface area contributed by atoms with Gasteiger partial charge in [-0.1, -0.05) is 0 Å². The van der Waals surface area contributed by atoms with Crippen molar-refractivity contribution in [1.29, 1.82) is 0 Å². The van der Waals surface area contributed by atoms with Crippen molar-refractivity contribution in [3.05, 3.63) is 45.0 Å². The van der Waals surface area contributed by atoms with Gasteiger partial charge in [0.1, 0.15) is 28.6 Å². The maximum Gasteiger partial charge on any atom is 0.347 e. The molecule has 0 saturated carbocycles. The van der Waals surface area contributed by atoms with Crippen LogP contribution in [0.2, 0.25) is 0 Å². The van der Waals surface area contributed by atoms with Gasteiger partial charge in [-0.2, -0.15) is 0 Å². The lowest BCUT2D eigenvalue weighted by Crippen LogP contribution is -2.15. The highest BCUT2D eigenvalue weighted by atomic mass is 16.5. The molecule has 0 amide bonds. The Kier molecular flexibility index (Phi) is 5.54. The molecule has 0 aliphatic heterocycles. The van der Waals surface area contributed by atoms with Crippen molar-refractivity contribution < 1.29 is 34.1 Å². The first-order valence-corrected chi connectivity index (χ1v) is 8.05. The molecule has 0 fully saturated rings. The summed E-state index contributed by atoms with van der Waals surface area (Å²) >= 11 is 0. The summed E-state index contributed by atoms with van der Waals surface area (Å²) in [6.45, 7) is 6.67. The van der Waals surface area contributed by atoms with Crippen LogP contribution in [-0.4, -0.2) is 35.9 Å². The molecule has 2 N–H and O–H groups in total. The highest BCUT2D eigenvalue weighted by molar-refractivity contribution is 6.04. The van der Waals surface area contributed by atoms with Crippen LogP contribution in [0.5, 0.6) is 23.0 Å². The van der Waals surface area contributed by atoms with Gasteiger partial charge in [-0.15, -0.1) is 0 Å². The van der Waals surface area contributed by atoms with Crippen LogP contribution in [0.1, 0.15) is 53.3 Å². The van der Waals surface area contributed by atoms with E-state index in [0.717, 1.165) is 5.56 Å². The summed E-state index contributed by atoms with van der Waals surface area (Å²) in [5, 5.41) is 20.2. The molecular formula is C20H20O7. The van der Waals surface area contributed by atoms with Crippen LogP contribution >= 0.6 is 0 Å². The number of methoxy groups -OCH3 is 1.